The first-order valence-corrected chi connectivity index (χ1v) is 16.8. The summed E-state index contributed by atoms with van der Waals surface area (Å²) in [5.41, 5.74) is 6.14. The number of carbonyl (C=O) groups is 2. The second kappa shape index (κ2) is 12.8. The molecule has 2 fully saturated rings. The molecule has 0 radical (unpaired) electrons. The Balaban J connectivity index is 1.03. The van der Waals surface area contributed by atoms with Crippen LogP contribution in [-0.4, -0.2) is 63.1 Å². The summed E-state index contributed by atoms with van der Waals surface area (Å²) >= 11 is 0. The van der Waals surface area contributed by atoms with Gasteiger partial charge in [-0.15, -0.1) is 0 Å². The van der Waals surface area contributed by atoms with Crippen LogP contribution in [-0.2, 0) is 9.53 Å². The monoisotopic (exact) mass is 641 g/mol. The van der Waals surface area contributed by atoms with Gasteiger partial charge in [0.2, 0.25) is 5.91 Å². The predicted molar refractivity (Wildman–Crippen MR) is 186 cm³/mol. The highest BCUT2D eigenvalue weighted by atomic mass is 16.5. The number of hydrogen-bond acceptors (Lipinski definition) is 6. The zero-order valence-corrected chi connectivity index (χ0v) is 26.9. The molecule has 0 unspecified atom stereocenters. The van der Waals surface area contributed by atoms with Crippen LogP contribution in [0, 0.1) is 5.92 Å². The summed E-state index contributed by atoms with van der Waals surface area (Å²) in [7, 11) is 1.31. The molecule has 10 heteroatoms. The van der Waals surface area contributed by atoms with Crippen molar-refractivity contribution in [3.05, 3.63) is 96.7 Å². The molecule has 8 rings (SSSR count). The number of ether oxygens (including phenoxy) is 1. The van der Waals surface area contributed by atoms with Crippen LogP contribution >= 0.6 is 0 Å². The normalized spacial score (nSPS) is 20.1. The number of amides is 2. The Morgan fingerprint density at radius 3 is 2.48 bits per heavy atom. The van der Waals surface area contributed by atoms with Gasteiger partial charge in [-0.2, -0.15) is 0 Å². The van der Waals surface area contributed by atoms with Gasteiger partial charge in [0.25, 0.3) is 0 Å². The quantitative estimate of drug-likeness (QED) is 0.146. The van der Waals surface area contributed by atoms with E-state index in [2.05, 4.69) is 74.1 Å². The number of aromatic nitrogens is 4. The van der Waals surface area contributed by atoms with Crippen LogP contribution < -0.4 is 10.6 Å². The number of nitrogens with one attached hydrogen (secondary N) is 4. The first-order valence-electron chi connectivity index (χ1n) is 16.8. The van der Waals surface area contributed by atoms with E-state index < -0.39 is 12.1 Å². The van der Waals surface area contributed by atoms with Gasteiger partial charge in [0.1, 0.15) is 17.7 Å². The van der Waals surface area contributed by atoms with Gasteiger partial charge >= 0.3 is 6.09 Å². The number of benzene rings is 3. The number of H-pyrrole nitrogens is 2. The summed E-state index contributed by atoms with van der Waals surface area (Å²) in [6.07, 6.45) is 14.1. The molecule has 1 aliphatic carbocycles. The Labute approximate surface area is 278 Å². The third-order valence-corrected chi connectivity index (χ3v) is 9.92. The number of likely N-dealkylation sites (tertiary alicyclic amines) is 1. The maximum absolute atomic E-state index is 13.9. The molecule has 2 aliphatic heterocycles. The SMILES string of the molecule is COC(=O)N[C@H](C(=O)N1CCC[C@H]1c1nc2ccc(-c3ccc4cc(-c5cnc([C@@H]6CCCN6)[nH]5)ccc4c3)cc2[nH]1)C1C=CCC=C1. The minimum Gasteiger partial charge on any atom is -0.453 e. The Morgan fingerprint density at radius 2 is 1.69 bits per heavy atom. The van der Waals surface area contributed by atoms with Crippen molar-refractivity contribution < 1.29 is 14.3 Å². The second-order valence-electron chi connectivity index (χ2n) is 12.9. The number of alkyl carbamates (subject to hydrolysis) is 1. The average molecular weight is 642 g/mol. The number of nitrogens with zero attached hydrogens (tertiary/aromatic N) is 3. The molecule has 3 atom stereocenters. The maximum Gasteiger partial charge on any atom is 0.407 e. The van der Waals surface area contributed by atoms with Gasteiger partial charge in [-0.05, 0) is 84.8 Å². The summed E-state index contributed by atoms with van der Waals surface area (Å²) in [6.45, 7) is 1.64. The molecular formula is C38H39N7O3. The van der Waals surface area contributed by atoms with Gasteiger partial charge in [0.15, 0.2) is 0 Å². The van der Waals surface area contributed by atoms with Crippen LogP contribution in [0.5, 0.6) is 0 Å². The van der Waals surface area contributed by atoms with E-state index in [1.807, 2.05) is 41.5 Å². The molecule has 0 bridgehead atoms. The molecular weight excluding hydrogens is 602 g/mol. The molecule has 2 aromatic heterocycles. The third-order valence-electron chi connectivity index (χ3n) is 9.92. The molecule has 3 aromatic carbocycles. The van der Waals surface area contributed by atoms with Gasteiger partial charge in [-0.25, -0.2) is 14.8 Å². The molecule has 0 saturated carbocycles. The Kier molecular flexibility index (Phi) is 8.01. The lowest BCUT2D eigenvalue weighted by molar-refractivity contribution is -0.135. The van der Waals surface area contributed by atoms with Crippen LogP contribution in [0.2, 0.25) is 0 Å². The van der Waals surface area contributed by atoms with Crippen LogP contribution in [0.1, 0.15) is 55.8 Å². The minimum absolute atomic E-state index is 0.136. The number of fused-ring (bicyclic) bond motifs is 2. The standard InChI is InChI=1S/C38H39N7O3/c1-48-38(47)44-34(23-7-3-2-4-8-23)37(46)45-18-6-10-33(45)36-41-29-16-15-27(21-31(29)42-36)25-11-12-26-20-28(14-13-24(26)19-25)32-22-40-35(43-32)30-9-5-17-39-30/h3-4,7-8,11-16,19-23,30,33-34,39H,2,5-6,9-10,17-18H2,1H3,(H,40,43)(H,41,42)(H,44,47)/t30-,33-,34-/m0/s1. The number of carbonyl (C=O) groups excluding carboxylic acids is 2. The lowest BCUT2D eigenvalue weighted by Crippen LogP contribution is -2.51. The topological polar surface area (TPSA) is 128 Å². The van der Waals surface area contributed by atoms with Crippen LogP contribution in [0.4, 0.5) is 4.79 Å². The zero-order valence-electron chi connectivity index (χ0n) is 26.9. The van der Waals surface area contributed by atoms with Crippen molar-refractivity contribution in [2.45, 2.75) is 50.2 Å². The molecule has 5 aromatic rings. The largest absolute Gasteiger partial charge is 0.453 e. The summed E-state index contributed by atoms with van der Waals surface area (Å²) in [6, 6.07) is 18.7. The third kappa shape index (κ3) is 5.77. The molecule has 2 saturated heterocycles. The summed E-state index contributed by atoms with van der Waals surface area (Å²) in [5, 5.41) is 8.62. The van der Waals surface area contributed by atoms with E-state index >= 15 is 0 Å². The Bertz CT molecular complexity index is 2040. The molecule has 3 aliphatic rings. The number of imidazole rings is 2. The fourth-order valence-corrected chi connectivity index (χ4v) is 7.38. The first-order chi connectivity index (χ1) is 23.5. The molecule has 10 nitrogen and oxygen atoms in total. The van der Waals surface area contributed by atoms with Crippen molar-refractivity contribution in [3.63, 3.8) is 0 Å². The fraction of sp³-hybridized carbons (Fsp3) is 0.316. The number of allylic oxidation sites excluding steroid dienone is 2. The highest BCUT2D eigenvalue weighted by Gasteiger charge is 2.38. The highest BCUT2D eigenvalue weighted by Crippen LogP contribution is 2.35. The molecule has 4 N–H and O–H groups in total. The number of methoxy groups -OCH3 is 1. The van der Waals surface area contributed by atoms with Gasteiger partial charge in [-0.3, -0.25) is 4.79 Å². The van der Waals surface area contributed by atoms with E-state index in [-0.39, 0.29) is 17.9 Å². The smallest absolute Gasteiger partial charge is 0.407 e. The van der Waals surface area contributed by atoms with Crippen LogP contribution in [0.15, 0.2) is 85.1 Å². The highest BCUT2D eigenvalue weighted by molar-refractivity contribution is 5.92. The van der Waals surface area contributed by atoms with E-state index in [4.69, 9.17) is 9.72 Å². The maximum atomic E-state index is 13.9. The van der Waals surface area contributed by atoms with Crippen molar-refractivity contribution in [1.82, 2.24) is 35.5 Å². The summed E-state index contributed by atoms with van der Waals surface area (Å²) in [5.74, 6) is 1.40. The molecule has 2 amide bonds. The Hall–Kier alpha value is -5.22. The van der Waals surface area contributed by atoms with Gasteiger partial charge in [-0.1, -0.05) is 54.6 Å². The zero-order chi connectivity index (χ0) is 32.6. The van der Waals surface area contributed by atoms with Crippen molar-refractivity contribution in [1.29, 1.82) is 0 Å². The van der Waals surface area contributed by atoms with Crippen molar-refractivity contribution in [3.8, 4) is 22.4 Å². The lowest BCUT2D eigenvalue weighted by atomic mass is 9.93. The molecule has 244 valence electrons. The molecule has 4 heterocycles. The van der Waals surface area contributed by atoms with E-state index in [1.54, 1.807) is 0 Å². The van der Waals surface area contributed by atoms with E-state index in [0.29, 0.717) is 12.6 Å². The van der Waals surface area contributed by atoms with Gasteiger partial charge < -0.3 is 30.2 Å². The first kappa shape index (κ1) is 30.1. The predicted octanol–water partition coefficient (Wildman–Crippen LogP) is 6.72. The Morgan fingerprint density at radius 1 is 0.917 bits per heavy atom. The summed E-state index contributed by atoms with van der Waals surface area (Å²) < 4.78 is 4.85. The number of rotatable bonds is 7. The summed E-state index contributed by atoms with van der Waals surface area (Å²) in [4.78, 5) is 44.6. The number of aromatic amines is 2. The van der Waals surface area contributed by atoms with Crippen LogP contribution in [0.3, 0.4) is 0 Å². The van der Waals surface area contributed by atoms with E-state index in [9.17, 15) is 9.59 Å². The fourth-order valence-electron chi connectivity index (χ4n) is 7.38. The van der Waals surface area contributed by atoms with Crippen molar-refractivity contribution >= 4 is 33.8 Å². The van der Waals surface area contributed by atoms with Crippen molar-refractivity contribution in [2.75, 3.05) is 20.2 Å². The van der Waals surface area contributed by atoms with Gasteiger partial charge in [0, 0.05) is 18.0 Å². The number of hydrogen-bond donors (Lipinski definition) is 4. The molecule has 0 spiro atoms. The average Bonchev–Trinajstić information content (AvgIpc) is 3.96. The van der Waals surface area contributed by atoms with E-state index in [1.165, 1.54) is 18.9 Å². The minimum atomic E-state index is -0.753. The lowest BCUT2D eigenvalue weighted by Gasteiger charge is -2.31. The van der Waals surface area contributed by atoms with Crippen LogP contribution in [0.25, 0.3) is 44.2 Å². The van der Waals surface area contributed by atoms with Crippen molar-refractivity contribution in [2.24, 2.45) is 5.92 Å². The molecule has 48 heavy (non-hydrogen) atoms. The second-order valence-corrected chi connectivity index (χ2v) is 12.9. The van der Waals surface area contributed by atoms with E-state index in [0.717, 1.165) is 82.7 Å². The van der Waals surface area contributed by atoms with Gasteiger partial charge in [0.05, 0.1) is 42.1 Å².